The van der Waals surface area contributed by atoms with Crippen molar-refractivity contribution in [3.63, 3.8) is 0 Å². The summed E-state index contributed by atoms with van der Waals surface area (Å²) in [6, 6.07) is 23.6. The van der Waals surface area contributed by atoms with Crippen LogP contribution in [0.4, 0.5) is 11.4 Å². The van der Waals surface area contributed by atoms with Gasteiger partial charge in [0.1, 0.15) is 0 Å². The van der Waals surface area contributed by atoms with Crippen LogP contribution in [0.15, 0.2) is 77.8 Å². The molecule has 0 spiro atoms. The minimum absolute atomic E-state index is 0.0699. The van der Waals surface area contributed by atoms with Gasteiger partial charge in [-0.15, -0.1) is 0 Å². The second-order valence-electron chi connectivity index (χ2n) is 6.14. The zero-order valence-electron chi connectivity index (χ0n) is 14.4. The highest BCUT2D eigenvalue weighted by Crippen LogP contribution is 2.30. The van der Waals surface area contributed by atoms with Crippen LogP contribution in [0.3, 0.4) is 0 Å². The first kappa shape index (κ1) is 17.5. The molecule has 0 radical (unpaired) electrons. The number of rotatable bonds is 1. The average Bonchev–Trinajstić information content (AvgIpc) is 2.85. The summed E-state index contributed by atoms with van der Waals surface area (Å²) in [6.07, 6.45) is 0.250. The van der Waals surface area contributed by atoms with Gasteiger partial charge in [0, 0.05) is 14.7 Å². The molecular weight excluding hydrogens is 447 g/mol. The Labute approximate surface area is 171 Å². The van der Waals surface area contributed by atoms with Gasteiger partial charge in [-0.25, -0.2) is 0 Å². The molecule has 27 heavy (non-hydrogen) atoms. The van der Waals surface area contributed by atoms with E-state index >= 15 is 0 Å². The van der Waals surface area contributed by atoms with Gasteiger partial charge in [-0.2, -0.15) is 0 Å². The largest absolute Gasteiger partial charge is 0.324 e. The number of nitrogens with zero attached hydrogens (tertiary/aromatic N) is 1. The molecule has 3 aromatic carbocycles. The SMILES string of the molecule is O=C1CC(c2cccc(I)c2)=Nc2ccc(C#Cc3ccccc3)cc2N1. The monoisotopic (exact) mass is 462 g/mol. The number of hydrogen-bond acceptors (Lipinski definition) is 2. The lowest BCUT2D eigenvalue weighted by molar-refractivity contribution is -0.115. The second-order valence-corrected chi connectivity index (χ2v) is 7.39. The maximum absolute atomic E-state index is 12.4. The van der Waals surface area contributed by atoms with E-state index in [9.17, 15) is 4.79 Å². The highest BCUT2D eigenvalue weighted by Gasteiger charge is 2.17. The number of anilines is 1. The van der Waals surface area contributed by atoms with Crippen molar-refractivity contribution in [3.8, 4) is 11.8 Å². The van der Waals surface area contributed by atoms with Crippen molar-refractivity contribution in [2.75, 3.05) is 5.32 Å². The van der Waals surface area contributed by atoms with Gasteiger partial charge in [-0.1, -0.05) is 42.2 Å². The Kier molecular flexibility index (Phi) is 5.03. The van der Waals surface area contributed by atoms with Crippen LogP contribution >= 0.6 is 22.6 Å². The van der Waals surface area contributed by atoms with Gasteiger partial charge in [0.2, 0.25) is 5.91 Å². The summed E-state index contributed by atoms with van der Waals surface area (Å²) in [5, 5.41) is 2.95. The van der Waals surface area contributed by atoms with Crippen molar-refractivity contribution < 1.29 is 4.79 Å². The molecule has 0 aliphatic carbocycles. The average molecular weight is 462 g/mol. The molecule has 3 aromatic rings. The molecule has 1 aliphatic rings. The Morgan fingerprint density at radius 3 is 2.52 bits per heavy atom. The van der Waals surface area contributed by atoms with Crippen molar-refractivity contribution in [1.29, 1.82) is 0 Å². The molecule has 0 unspecified atom stereocenters. The van der Waals surface area contributed by atoms with Crippen LogP contribution in [-0.4, -0.2) is 11.6 Å². The van der Waals surface area contributed by atoms with E-state index in [-0.39, 0.29) is 12.3 Å². The molecule has 1 N–H and O–H groups in total. The molecule has 4 heteroatoms. The summed E-state index contributed by atoms with van der Waals surface area (Å²) in [6.45, 7) is 0. The number of aliphatic imine (C=N–C) groups is 1. The molecule has 4 rings (SSSR count). The molecule has 1 amide bonds. The van der Waals surface area contributed by atoms with Gasteiger partial charge in [0.25, 0.3) is 0 Å². The van der Waals surface area contributed by atoms with E-state index in [1.165, 1.54) is 0 Å². The maximum atomic E-state index is 12.4. The molecule has 0 aromatic heterocycles. The van der Waals surface area contributed by atoms with E-state index in [1.807, 2.05) is 72.8 Å². The molecule has 0 atom stereocenters. The predicted molar refractivity (Wildman–Crippen MR) is 117 cm³/mol. The third-order valence-electron chi connectivity index (χ3n) is 4.14. The first-order chi connectivity index (χ1) is 13.2. The Morgan fingerprint density at radius 1 is 0.889 bits per heavy atom. The minimum atomic E-state index is -0.0699. The summed E-state index contributed by atoms with van der Waals surface area (Å²) >= 11 is 2.26. The smallest absolute Gasteiger partial charge is 0.230 e. The fraction of sp³-hybridized carbons (Fsp3) is 0.0435. The fourth-order valence-corrected chi connectivity index (χ4v) is 3.39. The summed E-state index contributed by atoms with van der Waals surface area (Å²) in [7, 11) is 0. The lowest BCUT2D eigenvalue weighted by atomic mass is 10.1. The van der Waals surface area contributed by atoms with Gasteiger partial charge < -0.3 is 5.32 Å². The third-order valence-corrected chi connectivity index (χ3v) is 4.81. The number of carbonyl (C=O) groups is 1. The molecule has 3 nitrogen and oxygen atoms in total. The van der Waals surface area contributed by atoms with E-state index < -0.39 is 0 Å². The molecule has 0 fully saturated rings. The molecule has 1 heterocycles. The van der Waals surface area contributed by atoms with Gasteiger partial charge in [-0.05, 0) is 70.6 Å². The van der Waals surface area contributed by atoms with Crippen molar-refractivity contribution in [1.82, 2.24) is 0 Å². The van der Waals surface area contributed by atoms with Crippen LogP contribution < -0.4 is 5.32 Å². The summed E-state index contributed by atoms with van der Waals surface area (Å²) in [5.74, 6) is 6.21. The number of carbonyl (C=O) groups excluding carboxylic acids is 1. The quantitative estimate of drug-likeness (QED) is 0.394. The van der Waals surface area contributed by atoms with Crippen LogP contribution in [0.2, 0.25) is 0 Å². The Hall–Kier alpha value is -2.91. The number of halogens is 1. The molecule has 0 saturated heterocycles. The van der Waals surface area contributed by atoms with Crippen LogP contribution in [0.5, 0.6) is 0 Å². The van der Waals surface area contributed by atoms with Crippen LogP contribution in [0.25, 0.3) is 0 Å². The van der Waals surface area contributed by atoms with E-state index in [1.54, 1.807) is 0 Å². The number of amides is 1. The number of hydrogen-bond donors (Lipinski definition) is 1. The van der Waals surface area contributed by atoms with Crippen molar-refractivity contribution in [3.05, 3.63) is 93.1 Å². The highest BCUT2D eigenvalue weighted by atomic mass is 127. The minimum Gasteiger partial charge on any atom is -0.324 e. The Balaban J connectivity index is 1.70. The topological polar surface area (TPSA) is 41.5 Å². The van der Waals surface area contributed by atoms with Crippen LogP contribution in [0.1, 0.15) is 23.1 Å². The van der Waals surface area contributed by atoms with Gasteiger partial charge in [0.15, 0.2) is 0 Å². The maximum Gasteiger partial charge on any atom is 0.230 e. The van der Waals surface area contributed by atoms with E-state index in [2.05, 4.69) is 39.7 Å². The second kappa shape index (κ2) is 7.77. The Bertz CT molecular complexity index is 1110. The van der Waals surface area contributed by atoms with Gasteiger partial charge in [0.05, 0.1) is 23.5 Å². The Morgan fingerprint density at radius 2 is 1.70 bits per heavy atom. The van der Waals surface area contributed by atoms with E-state index in [0.29, 0.717) is 5.69 Å². The molecule has 130 valence electrons. The summed E-state index contributed by atoms with van der Waals surface area (Å²) in [4.78, 5) is 17.1. The van der Waals surface area contributed by atoms with Crippen molar-refractivity contribution in [2.24, 2.45) is 4.99 Å². The van der Waals surface area contributed by atoms with Crippen molar-refractivity contribution in [2.45, 2.75) is 6.42 Å². The van der Waals surface area contributed by atoms with Crippen LogP contribution in [0, 0.1) is 15.4 Å². The van der Waals surface area contributed by atoms with Gasteiger partial charge >= 0.3 is 0 Å². The number of nitrogens with one attached hydrogen (secondary N) is 1. The standard InChI is InChI=1S/C23H15IN2O/c24-19-8-4-7-18(14-19)21-15-23(27)26-22-13-17(11-12-20(22)25-21)10-9-16-5-2-1-3-6-16/h1-8,11-14H,15H2,(H,26,27). The lowest BCUT2D eigenvalue weighted by Crippen LogP contribution is -2.15. The third kappa shape index (κ3) is 4.26. The first-order valence-electron chi connectivity index (χ1n) is 8.52. The lowest BCUT2D eigenvalue weighted by Gasteiger charge is -2.04. The zero-order chi connectivity index (χ0) is 18.6. The molecule has 0 saturated carbocycles. The van der Waals surface area contributed by atoms with E-state index in [0.717, 1.165) is 31.7 Å². The highest BCUT2D eigenvalue weighted by molar-refractivity contribution is 14.1. The van der Waals surface area contributed by atoms with Crippen molar-refractivity contribution >= 4 is 45.6 Å². The number of fused-ring (bicyclic) bond motifs is 1. The fourth-order valence-electron chi connectivity index (χ4n) is 2.84. The van der Waals surface area contributed by atoms with Gasteiger partial charge in [-0.3, -0.25) is 9.79 Å². The first-order valence-corrected chi connectivity index (χ1v) is 9.60. The zero-order valence-corrected chi connectivity index (χ0v) is 16.5. The number of benzene rings is 3. The summed E-state index contributed by atoms with van der Waals surface area (Å²) in [5.41, 5.74) is 4.98. The molecule has 1 aliphatic heterocycles. The van der Waals surface area contributed by atoms with E-state index in [4.69, 9.17) is 4.99 Å². The molecular formula is C23H15IN2O. The molecule has 0 bridgehead atoms. The van der Waals surface area contributed by atoms with Crippen LogP contribution in [-0.2, 0) is 4.79 Å². The predicted octanol–water partition coefficient (Wildman–Crippen LogP) is 5.15. The normalized spacial score (nSPS) is 12.8. The summed E-state index contributed by atoms with van der Waals surface area (Å²) < 4.78 is 1.12.